The highest BCUT2D eigenvalue weighted by Gasteiger charge is 2.08. The van der Waals surface area contributed by atoms with E-state index >= 15 is 0 Å². The minimum atomic E-state index is 0.250. The molecule has 1 aromatic rings. The van der Waals surface area contributed by atoms with Gasteiger partial charge in [0.25, 0.3) is 0 Å². The molecule has 0 spiro atoms. The molecule has 1 heterocycles. The molecule has 0 bridgehead atoms. The van der Waals surface area contributed by atoms with Gasteiger partial charge in [-0.15, -0.1) is 0 Å². The fourth-order valence-electron chi connectivity index (χ4n) is 1.12. The number of nitrogens with two attached hydrogens (primary N) is 1. The minimum absolute atomic E-state index is 0.250. The highest BCUT2D eigenvalue weighted by atomic mass is 16.5. The van der Waals surface area contributed by atoms with Gasteiger partial charge in [-0.05, 0) is 27.9 Å². The van der Waals surface area contributed by atoms with Crippen molar-refractivity contribution in [3.05, 3.63) is 0 Å². The molecule has 0 aromatic carbocycles. The molecule has 18 heavy (non-hydrogen) atoms. The van der Waals surface area contributed by atoms with Crippen LogP contribution in [0, 0.1) is 0 Å². The molecule has 0 amide bonds. The van der Waals surface area contributed by atoms with E-state index in [2.05, 4.69) is 37.5 Å². The van der Waals surface area contributed by atoms with Crippen LogP contribution in [0.1, 0.15) is 13.8 Å². The lowest BCUT2D eigenvalue weighted by Gasteiger charge is -2.20. The van der Waals surface area contributed by atoms with Crippen molar-refractivity contribution < 1.29 is 4.74 Å². The zero-order valence-corrected chi connectivity index (χ0v) is 11.3. The van der Waals surface area contributed by atoms with Gasteiger partial charge in [-0.2, -0.15) is 15.0 Å². The lowest BCUT2D eigenvalue weighted by Crippen LogP contribution is -2.32. The summed E-state index contributed by atoms with van der Waals surface area (Å²) in [5.41, 5.74) is 2.38. The maximum atomic E-state index is 5.29. The van der Waals surface area contributed by atoms with Crippen LogP contribution < -0.4 is 21.3 Å². The Morgan fingerprint density at radius 2 is 1.94 bits per heavy atom. The number of ether oxygens (including phenoxy) is 1. The molecular weight excluding hydrogens is 234 g/mol. The van der Waals surface area contributed by atoms with Crippen molar-refractivity contribution in [1.82, 2.24) is 19.9 Å². The van der Waals surface area contributed by atoms with Crippen LogP contribution in [0.2, 0.25) is 0 Å². The number of likely N-dealkylation sites (N-methyl/N-ethyl adjacent to an activating group) is 1. The van der Waals surface area contributed by atoms with E-state index in [1.807, 2.05) is 21.0 Å². The number of hydrazine groups is 1. The number of nitrogens with one attached hydrogen (secondary N) is 2. The number of anilines is 2. The van der Waals surface area contributed by atoms with E-state index < -0.39 is 0 Å². The molecule has 1 rings (SSSR count). The van der Waals surface area contributed by atoms with Crippen LogP contribution in [0.5, 0.6) is 6.01 Å². The Bertz CT molecular complexity index is 371. The van der Waals surface area contributed by atoms with E-state index in [9.17, 15) is 0 Å². The average molecular weight is 255 g/mol. The highest BCUT2D eigenvalue weighted by Crippen LogP contribution is 2.10. The third-order valence-corrected chi connectivity index (χ3v) is 2.45. The normalized spacial score (nSPS) is 12.3. The molecule has 0 radical (unpaired) electrons. The van der Waals surface area contributed by atoms with Crippen molar-refractivity contribution in [2.75, 3.05) is 38.0 Å². The van der Waals surface area contributed by atoms with Gasteiger partial charge in [0.1, 0.15) is 0 Å². The zero-order chi connectivity index (χ0) is 13.5. The molecule has 0 aliphatic heterocycles. The Balaban J connectivity index is 2.71. The smallest absolute Gasteiger partial charge is 0.323 e. The first-order chi connectivity index (χ1) is 8.56. The van der Waals surface area contributed by atoms with Crippen LogP contribution in [0.15, 0.2) is 0 Å². The fraction of sp³-hybridized carbons (Fsp3) is 0.700. The van der Waals surface area contributed by atoms with Gasteiger partial charge >= 0.3 is 6.01 Å². The summed E-state index contributed by atoms with van der Waals surface area (Å²) in [6, 6.07) is 0.604. The zero-order valence-electron chi connectivity index (χ0n) is 11.3. The molecule has 8 heteroatoms. The van der Waals surface area contributed by atoms with Gasteiger partial charge in [0.2, 0.25) is 11.9 Å². The van der Waals surface area contributed by atoms with Gasteiger partial charge in [0.05, 0.1) is 6.61 Å². The minimum Gasteiger partial charge on any atom is -0.464 e. The van der Waals surface area contributed by atoms with Crippen LogP contribution in [0.4, 0.5) is 11.9 Å². The molecule has 8 nitrogen and oxygen atoms in total. The standard InChI is InChI=1S/C10H21N7O/c1-5-18-10-14-8(13-9(15-10)16-11)12-6-7(2)17(3)4/h7H,5-6,11H2,1-4H3,(H2,12,13,14,15,16). The SMILES string of the molecule is CCOc1nc(NN)nc(NCC(C)N(C)C)n1. The van der Waals surface area contributed by atoms with Crippen molar-refractivity contribution in [2.45, 2.75) is 19.9 Å². The topological polar surface area (TPSA) is 101 Å². The summed E-state index contributed by atoms with van der Waals surface area (Å²) in [5.74, 6) is 6.01. The van der Waals surface area contributed by atoms with E-state index in [0.717, 1.165) is 0 Å². The third-order valence-electron chi connectivity index (χ3n) is 2.45. The molecular formula is C10H21N7O. The Hall–Kier alpha value is -1.67. The number of rotatable bonds is 7. The molecule has 0 aliphatic rings. The van der Waals surface area contributed by atoms with E-state index in [1.165, 1.54) is 0 Å². The van der Waals surface area contributed by atoms with Crippen molar-refractivity contribution in [3.63, 3.8) is 0 Å². The largest absolute Gasteiger partial charge is 0.464 e. The van der Waals surface area contributed by atoms with Crippen LogP contribution in [0.25, 0.3) is 0 Å². The number of nitrogens with zero attached hydrogens (tertiary/aromatic N) is 4. The Morgan fingerprint density at radius 3 is 2.50 bits per heavy atom. The lowest BCUT2D eigenvalue weighted by molar-refractivity contribution is 0.311. The van der Waals surface area contributed by atoms with Gasteiger partial charge in [-0.3, -0.25) is 5.43 Å². The highest BCUT2D eigenvalue weighted by molar-refractivity contribution is 5.34. The molecule has 0 aliphatic carbocycles. The molecule has 1 aromatic heterocycles. The van der Waals surface area contributed by atoms with E-state index in [-0.39, 0.29) is 12.0 Å². The van der Waals surface area contributed by atoms with Crippen LogP contribution in [-0.4, -0.2) is 53.1 Å². The number of aromatic nitrogens is 3. The maximum Gasteiger partial charge on any atom is 0.323 e. The van der Waals surface area contributed by atoms with Crippen molar-refractivity contribution in [3.8, 4) is 6.01 Å². The van der Waals surface area contributed by atoms with Crippen LogP contribution >= 0.6 is 0 Å². The Labute approximate surface area is 107 Å². The fourth-order valence-corrected chi connectivity index (χ4v) is 1.12. The van der Waals surface area contributed by atoms with Crippen LogP contribution in [-0.2, 0) is 0 Å². The second kappa shape index (κ2) is 6.92. The first kappa shape index (κ1) is 14.4. The first-order valence-electron chi connectivity index (χ1n) is 5.82. The summed E-state index contributed by atoms with van der Waals surface area (Å²) >= 11 is 0. The van der Waals surface area contributed by atoms with Gasteiger partial charge in [-0.25, -0.2) is 5.84 Å². The predicted molar refractivity (Wildman–Crippen MR) is 70.4 cm³/mol. The lowest BCUT2D eigenvalue weighted by atomic mass is 10.3. The van der Waals surface area contributed by atoms with Gasteiger partial charge < -0.3 is 15.0 Å². The summed E-state index contributed by atoms with van der Waals surface area (Å²) in [6.07, 6.45) is 0. The second-order valence-electron chi connectivity index (χ2n) is 4.04. The molecule has 102 valence electrons. The summed E-state index contributed by atoms with van der Waals surface area (Å²) in [5, 5.41) is 3.12. The first-order valence-corrected chi connectivity index (χ1v) is 5.82. The van der Waals surface area contributed by atoms with E-state index in [4.69, 9.17) is 10.6 Å². The molecule has 0 saturated carbocycles. The van der Waals surface area contributed by atoms with E-state index in [1.54, 1.807) is 0 Å². The van der Waals surface area contributed by atoms with Gasteiger partial charge in [0.15, 0.2) is 0 Å². The second-order valence-corrected chi connectivity index (χ2v) is 4.04. The predicted octanol–water partition coefficient (Wildman–Crippen LogP) is -0.0821. The quantitative estimate of drug-likeness (QED) is 0.459. The van der Waals surface area contributed by atoms with Gasteiger partial charge in [0, 0.05) is 12.6 Å². The number of hydrogen-bond donors (Lipinski definition) is 3. The van der Waals surface area contributed by atoms with Crippen molar-refractivity contribution in [2.24, 2.45) is 5.84 Å². The maximum absolute atomic E-state index is 5.29. The van der Waals surface area contributed by atoms with Crippen molar-refractivity contribution >= 4 is 11.9 Å². The molecule has 4 N–H and O–H groups in total. The Kier molecular flexibility index (Phi) is 5.53. The number of nitrogen functional groups attached to an aromatic ring is 1. The van der Waals surface area contributed by atoms with Crippen molar-refractivity contribution in [1.29, 1.82) is 0 Å². The summed E-state index contributed by atoms with van der Waals surface area (Å²) in [7, 11) is 4.02. The molecule has 0 saturated heterocycles. The average Bonchev–Trinajstić information content (AvgIpc) is 2.35. The van der Waals surface area contributed by atoms with E-state index in [0.29, 0.717) is 25.1 Å². The summed E-state index contributed by atoms with van der Waals surface area (Å²) in [4.78, 5) is 14.3. The monoisotopic (exact) mass is 255 g/mol. The summed E-state index contributed by atoms with van der Waals surface area (Å²) < 4.78 is 5.24. The molecule has 0 fully saturated rings. The molecule has 1 atom stereocenters. The Morgan fingerprint density at radius 1 is 1.28 bits per heavy atom. The third kappa shape index (κ3) is 4.30. The summed E-state index contributed by atoms with van der Waals surface area (Å²) in [6.45, 7) is 5.16. The number of hydrogen-bond acceptors (Lipinski definition) is 8. The van der Waals surface area contributed by atoms with Crippen LogP contribution in [0.3, 0.4) is 0 Å². The molecule has 1 unspecified atom stereocenters. The van der Waals surface area contributed by atoms with Gasteiger partial charge in [-0.1, -0.05) is 0 Å².